The van der Waals surface area contributed by atoms with E-state index in [0.717, 1.165) is 13.0 Å². The Hall–Kier alpha value is -0.820. The lowest BCUT2D eigenvalue weighted by Gasteiger charge is -2.19. The van der Waals surface area contributed by atoms with Gasteiger partial charge in [-0.25, -0.2) is 0 Å². The second kappa shape index (κ2) is 6.70. The molecule has 90 valence electrons. The average molecular weight is 220 g/mol. The van der Waals surface area contributed by atoms with Crippen LogP contribution in [0.4, 0.5) is 0 Å². The van der Waals surface area contributed by atoms with Crippen LogP contribution in [0, 0.1) is 13.8 Å². The number of aryl methyl sites for hydroxylation is 2. The monoisotopic (exact) mass is 220 g/mol. The molecule has 1 unspecified atom stereocenters. The largest absolute Gasteiger partial charge is 0.374 e. The molecule has 0 N–H and O–H groups in total. The highest BCUT2D eigenvalue weighted by Crippen LogP contribution is 2.26. The fraction of sp³-hybridized carbons (Fsp3) is 0.600. The van der Waals surface area contributed by atoms with E-state index in [1.165, 1.54) is 29.5 Å². The Balaban J connectivity index is 2.82. The second-order valence-corrected chi connectivity index (χ2v) is 4.45. The van der Waals surface area contributed by atoms with Gasteiger partial charge in [0.2, 0.25) is 0 Å². The van der Waals surface area contributed by atoms with Gasteiger partial charge in [0.25, 0.3) is 0 Å². The van der Waals surface area contributed by atoms with Gasteiger partial charge in [0, 0.05) is 6.61 Å². The lowest BCUT2D eigenvalue weighted by atomic mass is 9.97. The van der Waals surface area contributed by atoms with Gasteiger partial charge in [-0.05, 0) is 38.3 Å². The molecule has 1 atom stereocenters. The summed E-state index contributed by atoms with van der Waals surface area (Å²) in [6.45, 7) is 9.41. The third kappa shape index (κ3) is 3.64. The van der Waals surface area contributed by atoms with Crippen LogP contribution >= 0.6 is 0 Å². The van der Waals surface area contributed by atoms with Gasteiger partial charge >= 0.3 is 0 Å². The van der Waals surface area contributed by atoms with E-state index in [1.54, 1.807) is 0 Å². The molecule has 0 radical (unpaired) electrons. The molecule has 0 spiro atoms. The van der Waals surface area contributed by atoms with Gasteiger partial charge in [0.05, 0.1) is 6.10 Å². The summed E-state index contributed by atoms with van der Waals surface area (Å²) in [7, 11) is 0. The van der Waals surface area contributed by atoms with Gasteiger partial charge in [0.1, 0.15) is 0 Å². The highest BCUT2D eigenvalue weighted by molar-refractivity contribution is 5.32. The number of hydrogen-bond acceptors (Lipinski definition) is 1. The molecule has 1 nitrogen and oxygen atoms in total. The third-order valence-corrected chi connectivity index (χ3v) is 2.96. The molecule has 1 aromatic rings. The van der Waals surface area contributed by atoms with Crippen molar-refractivity contribution in [2.45, 2.75) is 53.1 Å². The first-order chi connectivity index (χ1) is 7.69. The fourth-order valence-corrected chi connectivity index (χ4v) is 2.11. The number of ether oxygens (including phenoxy) is 1. The van der Waals surface area contributed by atoms with Crippen LogP contribution in [0.3, 0.4) is 0 Å². The fourth-order valence-electron chi connectivity index (χ4n) is 2.11. The molecule has 0 aromatic heterocycles. The van der Waals surface area contributed by atoms with Gasteiger partial charge < -0.3 is 4.74 Å². The molecule has 16 heavy (non-hydrogen) atoms. The van der Waals surface area contributed by atoms with E-state index in [2.05, 4.69) is 45.9 Å². The van der Waals surface area contributed by atoms with Gasteiger partial charge in [-0.15, -0.1) is 0 Å². The van der Waals surface area contributed by atoms with Crippen LogP contribution in [-0.4, -0.2) is 6.61 Å². The topological polar surface area (TPSA) is 9.23 Å². The van der Waals surface area contributed by atoms with Crippen molar-refractivity contribution in [3.05, 3.63) is 34.9 Å². The molecule has 0 fully saturated rings. The Morgan fingerprint density at radius 2 is 1.94 bits per heavy atom. The van der Waals surface area contributed by atoms with Crippen LogP contribution in [-0.2, 0) is 4.74 Å². The zero-order valence-electron chi connectivity index (χ0n) is 11.0. The number of unbranched alkanes of at least 4 members (excludes halogenated alkanes) is 1. The molecule has 1 rings (SSSR count). The minimum absolute atomic E-state index is 0.283. The van der Waals surface area contributed by atoms with E-state index < -0.39 is 0 Å². The molecule has 0 aliphatic carbocycles. The quantitative estimate of drug-likeness (QED) is 0.682. The van der Waals surface area contributed by atoms with Crippen molar-refractivity contribution in [2.24, 2.45) is 0 Å². The molecule has 0 bridgehead atoms. The van der Waals surface area contributed by atoms with Crippen molar-refractivity contribution < 1.29 is 4.74 Å². The summed E-state index contributed by atoms with van der Waals surface area (Å²) in [4.78, 5) is 0. The SMILES string of the molecule is CCCCC(OCC)c1ccc(C)cc1C. The van der Waals surface area contributed by atoms with Crippen molar-refractivity contribution in [2.75, 3.05) is 6.61 Å². The van der Waals surface area contributed by atoms with Crippen molar-refractivity contribution >= 4 is 0 Å². The molecule has 0 saturated heterocycles. The van der Waals surface area contributed by atoms with E-state index >= 15 is 0 Å². The molecular weight excluding hydrogens is 196 g/mol. The van der Waals surface area contributed by atoms with E-state index in [-0.39, 0.29) is 6.10 Å². The normalized spacial score (nSPS) is 12.8. The van der Waals surface area contributed by atoms with E-state index in [9.17, 15) is 0 Å². The molecule has 0 heterocycles. The summed E-state index contributed by atoms with van der Waals surface area (Å²) in [6, 6.07) is 6.65. The highest BCUT2D eigenvalue weighted by atomic mass is 16.5. The molecule has 0 aliphatic rings. The lowest BCUT2D eigenvalue weighted by molar-refractivity contribution is 0.0541. The Kier molecular flexibility index (Phi) is 5.54. The standard InChI is InChI=1S/C15H24O/c1-5-7-8-15(16-6-2)14-10-9-12(3)11-13(14)4/h9-11,15H,5-8H2,1-4H3. The Bertz CT molecular complexity index is 317. The maximum Gasteiger partial charge on any atom is 0.0827 e. The van der Waals surface area contributed by atoms with Crippen LogP contribution in [0.25, 0.3) is 0 Å². The maximum absolute atomic E-state index is 5.85. The predicted octanol–water partition coefficient (Wildman–Crippen LogP) is 4.57. The Morgan fingerprint density at radius 3 is 2.50 bits per heavy atom. The van der Waals surface area contributed by atoms with Gasteiger partial charge in [-0.1, -0.05) is 43.5 Å². The van der Waals surface area contributed by atoms with E-state index in [4.69, 9.17) is 4.74 Å². The van der Waals surface area contributed by atoms with Gasteiger partial charge in [-0.2, -0.15) is 0 Å². The molecule has 0 saturated carbocycles. The molecule has 1 aromatic carbocycles. The summed E-state index contributed by atoms with van der Waals surface area (Å²) >= 11 is 0. The van der Waals surface area contributed by atoms with Crippen LogP contribution in [0.2, 0.25) is 0 Å². The van der Waals surface area contributed by atoms with Crippen LogP contribution < -0.4 is 0 Å². The first-order valence-corrected chi connectivity index (χ1v) is 6.37. The smallest absolute Gasteiger partial charge is 0.0827 e. The number of rotatable bonds is 6. The van der Waals surface area contributed by atoms with Crippen molar-refractivity contribution in [1.29, 1.82) is 0 Å². The third-order valence-electron chi connectivity index (χ3n) is 2.96. The van der Waals surface area contributed by atoms with E-state index in [1.807, 2.05) is 0 Å². The second-order valence-electron chi connectivity index (χ2n) is 4.45. The summed E-state index contributed by atoms with van der Waals surface area (Å²) in [6.07, 6.45) is 3.88. The summed E-state index contributed by atoms with van der Waals surface area (Å²) in [5, 5.41) is 0. The summed E-state index contributed by atoms with van der Waals surface area (Å²) in [5.74, 6) is 0. The maximum atomic E-state index is 5.85. The van der Waals surface area contributed by atoms with Crippen molar-refractivity contribution in [3.8, 4) is 0 Å². The van der Waals surface area contributed by atoms with Crippen molar-refractivity contribution in [3.63, 3.8) is 0 Å². The van der Waals surface area contributed by atoms with E-state index in [0.29, 0.717) is 0 Å². The van der Waals surface area contributed by atoms with Crippen LogP contribution in [0.15, 0.2) is 18.2 Å². The Morgan fingerprint density at radius 1 is 1.19 bits per heavy atom. The van der Waals surface area contributed by atoms with Gasteiger partial charge in [-0.3, -0.25) is 0 Å². The molecule has 0 amide bonds. The van der Waals surface area contributed by atoms with Gasteiger partial charge in [0.15, 0.2) is 0 Å². The molecular formula is C15H24O. The summed E-state index contributed by atoms with van der Waals surface area (Å²) < 4.78 is 5.85. The molecule has 0 aliphatic heterocycles. The van der Waals surface area contributed by atoms with Crippen molar-refractivity contribution in [1.82, 2.24) is 0 Å². The minimum Gasteiger partial charge on any atom is -0.374 e. The zero-order valence-corrected chi connectivity index (χ0v) is 11.0. The number of benzene rings is 1. The average Bonchev–Trinajstić information content (AvgIpc) is 2.25. The highest BCUT2D eigenvalue weighted by Gasteiger charge is 2.13. The number of hydrogen-bond donors (Lipinski definition) is 0. The van der Waals surface area contributed by atoms with Crippen LogP contribution in [0.5, 0.6) is 0 Å². The summed E-state index contributed by atoms with van der Waals surface area (Å²) in [5.41, 5.74) is 4.04. The lowest BCUT2D eigenvalue weighted by Crippen LogP contribution is -2.06. The van der Waals surface area contributed by atoms with Crippen LogP contribution in [0.1, 0.15) is 55.9 Å². The minimum atomic E-state index is 0.283. The predicted molar refractivity (Wildman–Crippen MR) is 69.8 cm³/mol. The first kappa shape index (κ1) is 13.2. The zero-order chi connectivity index (χ0) is 12.0. The first-order valence-electron chi connectivity index (χ1n) is 6.37. The molecule has 1 heteroatoms. The Labute approximate surface area is 99.8 Å².